The van der Waals surface area contributed by atoms with Crippen LogP contribution in [0.3, 0.4) is 0 Å². The van der Waals surface area contributed by atoms with E-state index in [0.29, 0.717) is 6.54 Å². The van der Waals surface area contributed by atoms with E-state index < -0.39 is 5.82 Å². The second-order valence-electron chi connectivity index (χ2n) is 3.08. The molecule has 0 saturated carbocycles. The molecule has 1 rings (SSSR count). The van der Waals surface area contributed by atoms with E-state index >= 15 is 0 Å². The average Bonchev–Trinajstić information content (AvgIpc) is 2.29. The monoisotopic (exact) mass is 284 g/mol. The molecule has 0 aliphatic heterocycles. The smallest absolute Gasteiger partial charge is 0.255 e. The van der Waals surface area contributed by atoms with Crippen LogP contribution in [0, 0.1) is 17.1 Å². The van der Waals surface area contributed by atoms with Gasteiger partial charge in [0.05, 0.1) is 16.1 Å². The van der Waals surface area contributed by atoms with Crippen molar-refractivity contribution in [1.82, 2.24) is 4.90 Å². The van der Waals surface area contributed by atoms with E-state index in [1.807, 2.05) is 6.07 Å². The predicted molar refractivity (Wildman–Crippen MR) is 61.3 cm³/mol. The van der Waals surface area contributed by atoms with E-state index in [2.05, 4.69) is 15.9 Å². The number of benzene rings is 1. The molecule has 0 spiro atoms. The minimum absolute atomic E-state index is 0.00170. The Balaban J connectivity index is 3.05. The van der Waals surface area contributed by atoms with Gasteiger partial charge < -0.3 is 4.90 Å². The van der Waals surface area contributed by atoms with Gasteiger partial charge in [-0.1, -0.05) is 6.07 Å². The van der Waals surface area contributed by atoms with Crippen LogP contribution in [-0.4, -0.2) is 23.9 Å². The van der Waals surface area contributed by atoms with E-state index in [9.17, 15) is 9.18 Å². The molecule has 0 fully saturated rings. The van der Waals surface area contributed by atoms with E-state index in [0.717, 1.165) is 0 Å². The molecule has 1 aromatic carbocycles. The fourth-order valence-electron chi connectivity index (χ4n) is 1.25. The van der Waals surface area contributed by atoms with Crippen molar-refractivity contribution in [1.29, 1.82) is 5.26 Å². The summed E-state index contributed by atoms with van der Waals surface area (Å²) in [5.74, 6) is -0.839. The highest BCUT2D eigenvalue weighted by Crippen LogP contribution is 2.21. The zero-order valence-corrected chi connectivity index (χ0v) is 10.3. The van der Waals surface area contributed by atoms with Crippen LogP contribution in [0.5, 0.6) is 0 Å². The maximum Gasteiger partial charge on any atom is 0.255 e. The van der Waals surface area contributed by atoms with Crippen LogP contribution in [0.4, 0.5) is 4.39 Å². The molecule has 0 bridgehead atoms. The molecular formula is C11H10BrFN2O. The first kappa shape index (κ1) is 12.7. The van der Waals surface area contributed by atoms with Crippen LogP contribution < -0.4 is 0 Å². The van der Waals surface area contributed by atoms with Gasteiger partial charge in [-0.2, -0.15) is 5.26 Å². The van der Waals surface area contributed by atoms with Crippen LogP contribution in [0.15, 0.2) is 22.7 Å². The lowest BCUT2D eigenvalue weighted by Crippen LogP contribution is -2.31. The summed E-state index contributed by atoms with van der Waals surface area (Å²) in [6, 6.07) is 6.15. The van der Waals surface area contributed by atoms with Gasteiger partial charge in [-0.15, -0.1) is 0 Å². The van der Waals surface area contributed by atoms with Crippen molar-refractivity contribution < 1.29 is 9.18 Å². The van der Waals surface area contributed by atoms with E-state index in [4.69, 9.17) is 5.26 Å². The zero-order chi connectivity index (χ0) is 12.1. The molecule has 0 unspecified atom stereocenters. The Morgan fingerprint density at radius 1 is 1.62 bits per heavy atom. The molecule has 0 heterocycles. The number of nitriles is 1. The molecule has 0 atom stereocenters. The summed E-state index contributed by atoms with van der Waals surface area (Å²) < 4.78 is 13.3. The fourth-order valence-corrected chi connectivity index (χ4v) is 1.69. The molecule has 0 N–H and O–H groups in total. The van der Waals surface area contributed by atoms with Gasteiger partial charge in [-0.25, -0.2) is 4.39 Å². The summed E-state index contributed by atoms with van der Waals surface area (Å²) in [6.45, 7) is 2.18. The van der Waals surface area contributed by atoms with Crippen LogP contribution in [0.25, 0.3) is 0 Å². The van der Waals surface area contributed by atoms with Crippen molar-refractivity contribution >= 4 is 21.8 Å². The molecule has 0 aliphatic rings. The molecule has 0 saturated heterocycles. The van der Waals surface area contributed by atoms with Crippen LogP contribution in [0.1, 0.15) is 17.3 Å². The standard InChI is InChI=1S/C11H10BrFN2O/c1-2-15(7-6-14)11(16)8-4-3-5-9(13)10(8)12/h3-5H,2,7H2,1H3. The molecule has 0 radical (unpaired) electrons. The summed E-state index contributed by atoms with van der Waals surface area (Å²) in [5.41, 5.74) is 0.233. The van der Waals surface area contributed by atoms with E-state index in [1.54, 1.807) is 6.92 Å². The van der Waals surface area contributed by atoms with Gasteiger partial charge in [0.2, 0.25) is 0 Å². The molecule has 0 aromatic heterocycles. The lowest BCUT2D eigenvalue weighted by atomic mass is 10.2. The molecule has 84 valence electrons. The first-order chi connectivity index (χ1) is 7.61. The summed E-state index contributed by atoms with van der Waals surface area (Å²) in [6.07, 6.45) is 0. The highest BCUT2D eigenvalue weighted by atomic mass is 79.9. The van der Waals surface area contributed by atoms with Crippen molar-refractivity contribution in [3.63, 3.8) is 0 Å². The van der Waals surface area contributed by atoms with Gasteiger partial charge in [0.25, 0.3) is 5.91 Å². The minimum Gasteiger partial charge on any atom is -0.326 e. The summed E-state index contributed by atoms with van der Waals surface area (Å²) >= 11 is 3.02. The quantitative estimate of drug-likeness (QED) is 0.801. The van der Waals surface area contributed by atoms with Gasteiger partial charge in [-0.3, -0.25) is 4.79 Å². The second-order valence-corrected chi connectivity index (χ2v) is 3.87. The largest absolute Gasteiger partial charge is 0.326 e. The Hall–Kier alpha value is -1.41. The minimum atomic E-state index is -0.487. The summed E-state index contributed by atoms with van der Waals surface area (Å²) in [5, 5.41) is 8.56. The number of rotatable bonds is 3. The number of amides is 1. The molecule has 5 heteroatoms. The summed E-state index contributed by atoms with van der Waals surface area (Å²) in [4.78, 5) is 13.3. The number of halogens is 2. The third-order valence-corrected chi connectivity index (χ3v) is 2.92. The van der Waals surface area contributed by atoms with Crippen molar-refractivity contribution in [3.05, 3.63) is 34.1 Å². The topological polar surface area (TPSA) is 44.1 Å². The number of carbonyl (C=O) groups is 1. The Bertz CT molecular complexity index is 442. The summed E-state index contributed by atoms with van der Waals surface area (Å²) in [7, 11) is 0. The van der Waals surface area contributed by atoms with Gasteiger partial charge in [0.1, 0.15) is 12.4 Å². The normalized spacial score (nSPS) is 9.62. The van der Waals surface area contributed by atoms with Gasteiger partial charge in [0.15, 0.2) is 0 Å². The zero-order valence-electron chi connectivity index (χ0n) is 8.70. The molecule has 0 aliphatic carbocycles. The molecule has 1 amide bonds. The van der Waals surface area contributed by atoms with Crippen LogP contribution in [-0.2, 0) is 0 Å². The molecule has 16 heavy (non-hydrogen) atoms. The number of hydrogen-bond acceptors (Lipinski definition) is 2. The first-order valence-corrected chi connectivity index (χ1v) is 5.51. The highest BCUT2D eigenvalue weighted by molar-refractivity contribution is 9.10. The number of nitrogens with zero attached hydrogens (tertiary/aromatic N) is 2. The Morgan fingerprint density at radius 3 is 2.88 bits per heavy atom. The van der Waals surface area contributed by atoms with E-state index in [-0.39, 0.29) is 22.5 Å². The highest BCUT2D eigenvalue weighted by Gasteiger charge is 2.18. The van der Waals surface area contributed by atoms with Crippen molar-refractivity contribution in [2.24, 2.45) is 0 Å². The Morgan fingerprint density at radius 2 is 2.31 bits per heavy atom. The van der Waals surface area contributed by atoms with Gasteiger partial charge in [-0.05, 0) is 35.0 Å². The Labute approximate surface area is 102 Å². The molecular weight excluding hydrogens is 275 g/mol. The van der Waals surface area contributed by atoms with Crippen LogP contribution >= 0.6 is 15.9 Å². The number of hydrogen-bond donors (Lipinski definition) is 0. The maximum absolute atomic E-state index is 13.2. The maximum atomic E-state index is 13.2. The van der Waals surface area contributed by atoms with Crippen molar-refractivity contribution in [2.75, 3.05) is 13.1 Å². The van der Waals surface area contributed by atoms with Crippen molar-refractivity contribution in [2.45, 2.75) is 6.92 Å². The first-order valence-electron chi connectivity index (χ1n) is 4.72. The third kappa shape index (κ3) is 2.58. The molecule has 1 aromatic rings. The van der Waals surface area contributed by atoms with Crippen molar-refractivity contribution in [3.8, 4) is 6.07 Å². The predicted octanol–water partition coefficient (Wildman–Crippen LogP) is 2.57. The fraction of sp³-hybridized carbons (Fsp3) is 0.273. The number of carbonyl (C=O) groups excluding carboxylic acids is 1. The lowest BCUT2D eigenvalue weighted by Gasteiger charge is -2.17. The van der Waals surface area contributed by atoms with Crippen LogP contribution in [0.2, 0.25) is 0 Å². The van der Waals surface area contributed by atoms with E-state index in [1.165, 1.54) is 23.1 Å². The van der Waals surface area contributed by atoms with Gasteiger partial charge in [0, 0.05) is 6.54 Å². The third-order valence-electron chi connectivity index (χ3n) is 2.11. The van der Waals surface area contributed by atoms with Gasteiger partial charge >= 0.3 is 0 Å². The SMILES string of the molecule is CCN(CC#N)C(=O)c1cccc(F)c1Br. The molecule has 3 nitrogen and oxygen atoms in total. The Kier molecular flexibility index (Phi) is 4.44. The lowest BCUT2D eigenvalue weighted by molar-refractivity contribution is 0.0782. The average molecular weight is 285 g/mol. The second kappa shape index (κ2) is 5.61.